The second-order valence-corrected chi connectivity index (χ2v) is 4.40. The molecule has 0 amide bonds. The monoisotopic (exact) mass is 286 g/mol. The molecule has 86 valence electrons. The molecule has 0 saturated heterocycles. The molecule has 5 heteroatoms. The van der Waals surface area contributed by atoms with Crippen molar-refractivity contribution in [3.05, 3.63) is 33.8 Å². The Balaban J connectivity index is 3.05. The van der Waals surface area contributed by atoms with Crippen molar-refractivity contribution in [2.75, 3.05) is 0 Å². The number of ether oxygens (including phenoxy) is 1. The van der Waals surface area contributed by atoms with Crippen LogP contribution in [0.15, 0.2) is 22.7 Å². The lowest BCUT2D eigenvalue weighted by molar-refractivity contribution is 0.0378. The quantitative estimate of drug-likeness (QED) is 0.868. The van der Waals surface area contributed by atoms with E-state index in [0.29, 0.717) is 4.47 Å². The molecule has 16 heavy (non-hydrogen) atoms. The Morgan fingerprint density at radius 2 is 1.81 bits per heavy atom. The number of carbonyl (C=O) groups is 2. The standard InChI is InChI=1S/C11H11BrO4/c1-6(2)16-11(15)8-3-7(10(13)14)4-9(12)5-8/h3-6H,1-2H3,(H,13,14). The van der Waals surface area contributed by atoms with Gasteiger partial charge < -0.3 is 9.84 Å². The number of benzene rings is 1. The summed E-state index contributed by atoms with van der Waals surface area (Å²) in [5.41, 5.74) is 0.269. The molecule has 0 aliphatic rings. The van der Waals surface area contributed by atoms with Gasteiger partial charge in [0.25, 0.3) is 0 Å². The van der Waals surface area contributed by atoms with Crippen molar-refractivity contribution >= 4 is 27.9 Å². The van der Waals surface area contributed by atoms with E-state index in [1.807, 2.05) is 0 Å². The van der Waals surface area contributed by atoms with Crippen LogP contribution < -0.4 is 0 Å². The van der Waals surface area contributed by atoms with E-state index in [1.165, 1.54) is 18.2 Å². The molecular formula is C11H11BrO4. The van der Waals surface area contributed by atoms with Gasteiger partial charge in [0.2, 0.25) is 0 Å². The van der Waals surface area contributed by atoms with Gasteiger partial charge in [-0.15, -0.1) is 0 Å². The zero-order chi connectivity index (χ0) is 12.3. The molecule has 1 aromatic carbocycles. The van der Waals surface area contributed by atoms with Crippen LogP contribution >= 0.6 is 15.9 Å². The molecule has 0 aliphatic carbocycles. The van der Waals surface area contributed by atoms with Gasteiger partial charge in [-0.05, 0) is 32.0 Å². The Hall–Kier alpha value is -1.36. The lowest BCUT2D eigenvalue weighted by Crippen LogP contribution is -2.12. The molecule has 0 bridgehead atoms. The van der Waals surface area contributed by atoms with E-state index in [-0.39, 0.29) is 17.2 Å². The minimum absolute atomic E-state index is 0.0464. The molecule has 0 heterocycles. The van der Waals surface area contributed by atoms with Crippen molar-refractivity contribution in [2.24, 2.45) is 0 Å². The van der Waals surface area contributed by atoms with Crippen LogP contribution in [0.4, 0.5) is 0 Å². The maximum absolute atomic E-state index is 11.5. The number of halogens is 1. The van der Waals surface area contributed by atoms with Gasteiger partial charge in [-0.3, -0.25) is 0 Å². The highest BCUT2D eigenvalue weighted by atomic mass is 79.9. The Morgan fingerprint density at radius 1 is 1.25 bits per heavy atom. The zero-order valence-electron chi connectivity index (χ0n) is 8.86. The summed E-state index contributed by atoms with van der Waals surface area (Å²) in [6.45, 7) is 3.46. The number of esters is 1. The van der Waals surface area contributed by atoms with Gasteiger partial charge in [0.05, 0.1) is 17.2 Å². The first-order chi connectivity index (χ1) is 7.40. The largest absolute Gasteiger partial charge is 0.478 e. The average Bonchev–Trinajstić information content (AvgIpc) is 2.15. The van der Waals surface area contributed by atoms with E-state index in [1.54, 1.807) is 13.8 Å². The topological polar surface area (TPSA) is 63.6 Å². The fourth-order valence-electron chi connectivity index (χ4n) is 1.11. The lowest BCUT2D eigenvalue weighted by atomic mass is 10.1. The average molecular weight is 287 g/mol. The van der Waals surface area contributed by atoms with Crippen molar-refractivity contribution in [3.63, 3.8) is 0 Å². The van der Waals surface area contributed by atoms with Crippen LogP contribution in [0.2, 0.25) is 0 Å². The zero-order valence-corrected chi connectivity index (χ0v) is 10.4. The number of aromatic carboxylic acids is 1. The van der Waals surface area contributed by atoms with Gasteiger partial charge in [0, 0.05) is 4.47 Å². The van der Waals surface area contributed by atoms with E-state index in [2.05, 4.69) is 15.9 Å². The molecule has 0 aromatic heterocycles. The Labute approximate surface area is 101 Å². The summed E-state index contributed by atoms with van der Waals surface area (Å²) >= 11 is 3.14. The smallest absolute Gasteiger partial charge is 0.338 e. The van der Waals surface area contributed by atoms with Crippen molar-refractivity contribution in [1.29, 1.82) is 0 Å². The molecule has 0 saturated carbocycles. The number of carbonyl (C=O) groups excluding carboxylic acids is 1. The number of hydrogen-bond donors (Lipinski definition) is 1. The van der Waals surface area contributed by atoms with E-state index < -0.39 is 11.9 Å². The number of carboxylic acids is 1. The second-order valence-electron chi connectivity index (χ2n) is 3.49. The molecule has 0 radical (unpaired) electrons. The van der Waals surface area contributed by atoms with Crippen LogP contribution in [-0.4, -0.2) is 23.1 Å². The van der Waals surface area contributed by atoms with Gasteiger partial charge >= 0.3 is 11.9 Å². The minimum atomic E-state index is -1.08. The third-order valence-corrected chi connectivity index (χ3v) is 2.18. The summed E-state index contributed by atoms with van der Waals surface area (Å²) in [6, 6.07) is 4.24. The van der Waals surface area contributed by atoms with Crippen LogP contribution in [0.5, 0.6) is 0 Å². The third kappa shape index (κ3) is 3.34. The Bertz CT molecular complexity index is 426. The highest BCUT2D eigenvalue weighted by Crippen LogP contribution is 2.17. The molecule has 1 N–H and O–H groups in total. The van der Waals surface area contributed by atoms with Crippen LogP contribution in [0.1, 0.15) is 34.6 Å². The molecule has 1 rings (SSSR count). The predicted molar refractivity (Wildman–Crippen MR) is 61.7 cm³/mol. The summed E-state index contributed by atoms with van der Waals surface area (Å²) in [4.78, 5) is 22.3. The number of rotatable bonds is 3. The van der Waals surface area contributed by atoms with Crippen LogP contribution in [0, 0.1) is 0 Å². The lowest BCUT2D eigenvalue weighted by Gasteiger charge is -2.08. The van der Waals surface area contributed by atoms with Crippen molar-refractivity contribution in [3.8, 4) is 0 Å². The maximum atomic E-state index is 11.5. The molecule has 1 aromatic rings. The van der Waals surface area contributed by atoms with Crippen LogP contribution in [-0.2, 0) is 4.74 Å². The van der Waals surface area contributed by atoms with E-state index >= 15 is 0 Å². The Kier molecular flexibility index (Phi) is 4.06. The van der Waals surface area contributed by atoms with Crippen molar-refractivity contribution in [2.45, 2.75) is 20.0 Å². The van der Waals surface area contributed by atoms with Crippen LogP contribution in [0.3, 0.4) is 0 Å². The number of carboxylic acid groups (broad SMARTS) is 1. The molecule has 4 nitrogen and oxygen atoms in total. The minimum Gasteiger partial charge on any atom is -0.478 e. The van der Waals surface area contributed by atoms with Crippen LogP contribution in [0.25, 0.3) is 0 Å². The Morgan fingerprint density at radius 3 is 2.31 bits per heavy atom. The van der Waals surface area contributed by atoms with Crippen molar-refractivity contribution < 1.29 is 19.4 Å². The normalized spacial score (nSPS) is 10.2. The third-order valence-electron chi connectivity index (χ3n) is 1.72. The fourth-order valence-corrected chi connectivity index (χ4v) is 1.61. The summed E-state index contributed by atoms with van der Waals surface area (Å²) in [6.07, 6.45) is -0.236. The van der Waals surface area contributed by atoms with Gasteiger partial charge in [0.1, 0.15) is 0 Å². The van der Waals surface area contributed by atoms with Crippen molar-refractivity contribution in [1.82, 2.24) is 0 Å². The maximum Gasteiger partial charge on any atom is 0.338 e. The van der Waals surface area contributed by atoms with Gasteiger partial charge in [-0.1, -0.05) is 15.9 Å². The highest BCUT2D eigenvalue weighted by Gasteiger charge is 2.13. The van der Waals surface area contributed by atoms with Gasteiger partial charge in [-0.2, -0.15) is 0 Å². The molecule has 0 aliphatic heterocycles. The summed E-state index contributed by atoms with van der Waals surface area (Å²) < 4.78 is 5.50. The number of hydrogen-bond acceptors (Lipinski definition) is 3. The molecule has 0 atom stereocenters. The summed E-state index contributed by atoms with van der Waals surface area (Å²) in [5.74, 6) is -1.61. The second kappa shape index (κ2) is 5.12. The van der Waals surface area contributed by atoms with Gasteiger partial charge in [0.15, 0.2) is 0 Å². The first kappa shape index (κ1) is 12.7. The predicted octanol–water partition coefficient (Wildman–Crippen LogP) is 2.71. The first-order valence-corrected chi connectivity index (χ1v) is 5.44. The molecular weight excluding hydrogens is 276 g/mol. The molecule has 0 unspecified atom stereocenters. The molecule has 0 spiro atoms. The van der Waals surface area contributed by atoms with Gasteiger partial charge in [-0.25, -0.2) is 9.59 Å². The summed E-state index contributed by atoms with van der Waals surface area (Å²) in [5, 5.41) is 8.82. The summed E-state index contributed by atoms with van der Waals surface area (Å²) in [7, 11) is 0. The SMILES string of the molecule is CC(C)OC(=O)c1cc(Br)cc(C(=O)O)c1. The highest BCUT2D eigenvalue weighted by molar-refractivity contribution is 9.10. The van der Waals surface area contributed by atoms with E-state index in [9.17, 15) is 9.59 Å². The van der Waals surface area contributed by atoms with E-state index in [4.69, 9.17) is 9.84 Å². The first-order valence-electron chi connectivity index (χ1n) is 4.65. The molecule has 0 fully saturated rings. The fraction of sp³-hybridized carbons (Fsp3) is 0.273. The van der Waals surface area contributed by atoms with E-state index in [0.717, 1.165) is 0 Å².